The summed E-state index contributed by atoms with van der Waals surface area (Å²) in [7, 11) is 0. The molecule has 130 valence electrons. The quantitative estimate of drug-likeness (QED) is 0.775. The molecular weight excluding hydrogens is 294 g/mol. The van der Waals surface area contributed by atoms with E-state index in [-0.39, 0.29) is 0 Å². The Bertz CT molecular complexity index is 491. The first kappa shape index (κ1) is 18.7. The Morgan fingerprint density at radius 3 is 2.17 bits per heavy atom. The van der Waals surface area contributed by atoms with Gasteiger partial charge in [0.2, 0.25) is 0 Å². The molecule has 0 heterocycles. The van der Waals surface area contributed by atoms with Gasteiger partial charge in [-0.1, -0.05) is 74.5 Å². The summed E-state index contributed by atoms with van der Waals surface area (Å²) >= 11 is 0. The molecule has 0 aliphatic heterocycles. The molecule has 0 radical (unpaired) electrons. The minimum absolute atomic E-state index is 0.391. The van der Waals surface area contributed by atoms with Crippen molar-refractivity contribution >= 4 is 0 Å². The molecule has 24 heavy (non-hydrogen) atoms. The van der Waals surface area contributed by atoms with E-state index in [1.165, 1.54) is 30.4 Å². The molecule has 3 rings (SSSR count). The molecule has 1 aliphatic carbocycles. The van der Waals surface area contributed by atoms with Crippen molar-refractivity contribution in [3.63, 3.8) is 0 Å². The molecule has 2 atom stereocenters. The largest absolute Gasteiger partial charge is 0.373 e. The molecule has 2 heteroatoms. The van der Waals surface area contributed by atoms with Crippen molar-refractivity contribution in [1.29, 1.82) is 0 Å². The minimum Gasteiger partial charge on any atom is -0.373 e. The minimum atomic E-state index is 0.391. The lowest BCUT2D eigenvalue weighted by atomic mass is 9.92. The van der Waals surface area contributed by atoms with Crippen LogP contribution in [0.4, 0.5) is 0 Å². The van der Waals surface area contributed by atoms with Gasteiger partial charge in [-0.2, -0.15) is 0 Å². The fourth-order valence-electron chi connectivity index (χ4n) is 3.13. The maximum atomic E-state index is 6.11. The van der Waals surface area contributed by atoms with E-state index in [1.807, 2.05) is 19.9 Å². The van der Waals surface area contributed by atoms with Crippen molar-refractivity contribution in [3.8, 4) is 0 Å². The van der Waals surface area contributed by atoms with Crippen molar-refractivity contribution in [2.75, 3.05) is 0 Å². The molecule has 1 saturated carbocycles. The molecule has 0 spiro atoms. The van der Waals surface area contributed by atoms with Crippen LogP contribution in [0.1, 0.15) is 50.7 Å². The molecule has 0 aromatic heterocycles. The van der Waals surface area contributed by atoms with Gasteiger partial charge in [0.1, 0.15) is 0 Å². The summed E-state index contributed by atoms with van der Waals surface area (Å²) in [5.74, 6) is 0. The van der Waals surface area contributed by atoms with Gasteiger partial charge in [-0.25, -0.2) is 0 Å². The summed E-state index contributed by atoms with van der Waals surface area (Å²) in [5, 5.41) is 3.69. The number of hydrogen-bond donors (Lipinski definition) is 1. The molecule has 2 aromatic rings. The van der Waals surface area contributed by atoms with E-state index in [9.17, 15) is 0 Å². The fourth-order valence-corrected chi connectivity index (χ4v) is 3.13. The molecule has 0 amide bonds. The van der Waals surface area contributed by atoms with Crippen molar-refractivity contribution < 1.29 is 4.74 Å². The summed E-state index contributed by atoms with van der Waals surface area (Å²) < 4.78 is 6.11. The van der Waals surface area contributed by atoms with Crippen LogP contribution in [0.3, 0.4) is 0 Å². The van der Waals surface area contributed by atoms with Crippen LogP contribution in [0, 0.1) is 0 Å². The summed E-state index contributed by atoms with van der Waals surface area (Å²) in [6.07, 6.45) is 5.22. The third-order valence-corrected chi connectivity index (χ3v) is 4.39. The van der Waals surface area contributed by atoms with Crippen molar-refractivity contribution in [2.24, 2.45) is 0 Å². The second-order valence-electron chi connectivity index (χ2n) is 6.15. The monoisotopic (exact) mass is 325 g/mol. The van der Waals surface area contributed by atoms with Gasteiger partial charge in [0.25, 0.3) is 0 Å². The highest BCUT2D eigenvalue weighted by atomic mass is 16.5. The van der Waals surface area contributed by atoms with Crippen LogP contribution in [-0.4, -0.2) is 12.1 Å². The molecule has 0 bridgehead atoms. The van der Waals surface area contributed by atoms with Crippen LogP contribution in [0.15, 0.2) is 60.7 Å². The molecule has 1 fully saturated rings. The van der Waals surface area contributed by atoms with Crippen LogP contribution in [-0.2, 0) is 17.9 Å². The topological polar surface area (TPSA) is 21.3 Å². The zero-order valence-corrected chi connectivity index (χ0v) is 15.1. The summed E-state index contributed by atoms with van der Waals surface area (Å²) in [4.78, 5) is 0. The van der Waals surface area contributed by atoms with Crippen molar-refractivity contribution in [1.82, 2.24) is 5.32 Å². The fraction of sp³-hybridized carbons (Fsp3) is 0.455. The van der Waals surface area contributed by atoms with Gasteiger partial charge in [-0.05, 0) is 36.8 Å². The Morgan fingerprint density at radius 2 is 1.50 bits per heavy atom. The standard InChI is InChI=1S/C20H25NO.C2H6/c1-3-8-17(9-4-1)15-21-19-12-7-13-20(14-19)22-16-18-10-5-2-6-11-18;1-2/h1-6,8-11,19-21H,7,12-16H2;1-2H3. The first-order valence-electron chi connectivity index (χ1n) is 9.33. The van der Waals surface area contributed by atoms with Crippen LogP contribution in [0.5, 0.6) is 0 Å². The summed E-state index contributed by atoms with van der Waals surface area (Å²) in [5.41, 5.74) is 2.62. The van der Waals surface area contributed by atoms with Gasteiger partial charge in [0.15, 0.2) is 0 Å². The highest BCUT2D eigenvalue weighted by Crippen LogP contribution is 2.22. The number of rotatable bonds is 6. The molecular formula is C22H31NO. The Hall–Kier alpha value is -1.64. The van der Waals surface area contributed by atoms with Crippen LogP contribution >= 0.6 is 0 Å². The third-order valence-electron chi connectivity index (χ3n) is 4.39. The van der Waals surface area contributed by atoms with Crippen molar-refractivity contribution in [3.05, 3.63) is 71.8 Å². The average molecular weight is 325 g/mol. The SMILES string of the molecule is CC.c1ccc(CNC2CCCC(OCc3ccccc3)C2)cc1. The molecule has 2 nitrogen and oxygen atoms in total. The highest BCUT2D eigenvalue weighted by Gasteiger charge is 2.22. The molecule has 2 unspecified atom stereocenters. The van der Waals surface area contributed by atoms with Gasteiger partial charge >= 0.3 is 0 Å². The van der Waals surface area contributed by atoms with E-state index in [2.05, 4.69) is 59.9 Å². The lowest BCUT2D eigenvalue weighted by molar-refractivity contribution is 0.00832. The molecule has 1 N–H and O–H groups in total. The Balaban J connectivity index is 0.00000100. The van der Waals surface area contributed by atoms with Gasteiger partial charge in [-0.15, -0.1) is 0 Å². The first-order chi connectivity index (χ1) is 11.9. The van der Waals surface area contributed by atoms with Crippen LogP contribution in [0.2, 0.25) is 0 Å². The number of hydrogen-bond acceptors (Lipinski definition) is 2. The first-order valence-corrected chi connectivity index (χ1v) is 9.33. The van der Waals surface area contributed by atoms with Crippen molar-refractivity contribution in [2.45, 2.75) is 64.8 Å². The molecule has 2 aromatic carbocycles. The zero-order chi connectivity index (χ0) is 17.0. The lowest BCUT2D eigenvalue weighted by Crippen LogP contribution is -2.36. The second-order valence-corrected chi connectivity index (χ2v) is 6.15. The van der Waals surface area contributed by atoms with E-state index in [1.54, 1.807) is 0 Å². The Labute approximate surface area is 147 Å². The van der Waals surface area contributed by atoms with E-state index in [0.717, 1.165) is 19.6 Å². The lowest BCUT2D eigenvalue weighted by Gasteiger charge is -2.30. The third kappa shape index (κ3) is 6.46. The van der Waals surface area contributed by atoms with Crippen LogP contribution < -0.4 is 5.32 Å². The van der Waals surface area contributed by atoms with Gasteiger partial charge in [0, 0.05) is 12.6 Å². The number of ether oxygens (including phenoxy) is 1. The van der Waals surface area contributed by atoms with Gasteiger partial charge in [-0.3, -0.25) is 0 Å². The van der Waals surface area contributed by atoms with E-state index >= 15 is 0 Å². The molecule has 0 saturated heterocycles. The Kier molecular flexibility index (Phi) is 8.58. The summed E-state index contributed by atoms with van der Waals surface area (Å²) in [6, 6.07) is 21.7. The van der Waals surface area contributed by atoms with Gasteiger partial charge in [0.05, 0.1) is 12.7 Å². The average Bonchev–Trinajstić information content (AvgIpc) is 2.68. The van der Waals surface area contributed by atoms with Crippen LogP contribution in [0.25, 0.3) is 0 Å². The number of benzene rings is 2. The second kappa shape index (κ2) is 11.0. The van der Waals surface area contributed by atoms with E-state index in [0.29, 0.717) is 12.1 Å². The molecule has 1 aliphatic rings. The summed E-state index contributed by atoms with van der Waals surface area (Å²) in [6.45, 7) is 5.69. The number of nitrogens with one attached hydrogen (secondary N) is 1. The van der Waals surface area contributed by atoms with E-state index < -0.39 is 0 Å². The predicted octanol–water partition coefficient (Wildman–Crippen LogP) is 5.33. The maximum absolute atomic E-state index is 6.11. The smallest absolute Gasteiger partial charge is 0.0720 e. The maximum Gasteiger partial charge on any atom is 0.0720 e. The Morgan fingerprint density at radius 1 is 0.875 bits per heavy atom. The normalized spacial score (nSPS) is 20.1. The zero-order valence-electron chi connectivity index (χ0n) is 15.1. The van der Waals surface area contributed by atoms with Gasteiger partial charge < -0.3 is 10.1 Å². The predicted molar refractivity (Wildman–Crippen MR) is 102 cm³/mol. The highest BCUT2D eigenvalue weighted by molar-refractivity contribution is 5.14. The van der Waals surface area contributed by atoms with E-state index in [4.69, 9.17) is 4.74 Å².